The van der Waals surface area contributed by atoms with Crippen molar-refractivity contribution < 1.29 is 27.9 Å². The highest BCUT2D eigenvalue weighted by molar-refractivity contribution is 5.81. The van der Waals surface area contributed by atoms with Gasteiger partial charge in [0.2, 0.25) is 5.91 Å². The normalized spacial score (nSPS) is 11.6. The molecule has 0 bridgehead atoms. The number of hydrogen-bond donors (Lipinski definition) is 1. The van der Waals surface area contributed by atoms with Crippen LogP contribution in [0.3, 0.4) is 0 Å². The van der Waals surface area contributed by atoms with Crippen molar-refractivity contribution in [2.24, 2.45) is 0 Å². The van der Waals surface area contributed by atoms with Crippen LogP contribution >= 0.6 is 0 Å². The van der Waals surface area contributed by atoms with Gasteiger partial charge in [0.05, 0.1) is 0 Å². The monoisotopic (exact) mass is 256 g/mol. The third kappa shape index (κ3) is 8.49. The number of carboxylic acid groups (broad SMARTS) is 1. The Labute approximate surface area is 96.8 Å². The smallest absolute Gasteiger partial charge is 0.397 e. The van der Waals surface area contributed by atoms with Crippen molar-refractivity contribution in [3.05, 3.63) is 0 Å². The second-order valence-electron chi connectivity index (χ2n) is 3.80. The fraction of sp³-hybridized carbons (Fsp3) is 0.778. The van der Waals surface area contributed by atoms with E-state index in [4.69, 9.17) is 5.11 Å². The topological polar surface area (TPSA) is 60.9 Å². The summed E-state index contributed by atoms with van der Waals surface area (Å²) in [5.74, 6) is -2.55. The van der Waals surface area contributed by atoms with Gasteiger partial charge in [-0.25, -0.2) is 0 Å². The van der Waals surface area contributed by atoms with Crippen LogP contribution in [0.2, 0.25) is 0 Å². The number of carbonyl (C=O) groups is 2. The number of amides is 1. The molecule has 5 nitrogen and oxygen atoms in total. The van der Waals surface area contributed by atoms with Gasteiger partial charge >= 0.3 is 12.1 Å². The SMILES string of the molecule is CN(C)CCN(CC(=O)O)C(=O)CC(F)(F)F. The van der Waals surface area contributed by atoms with Gasteiger partial charge in [-0.05, 0) is 14.1 Å². The van der Waals surface area contributed by atoms with Crippen molar-refractivity contribution in [1.29, 1.82) is 0 Å². The fourth-order valence-electron chi connectivity index (χ4n) is 1.06. The Morgan fingerprint density at radius 2 is 1.71 bits per heavy atom. The molecule has 0 saturated carbocycles. The number of nitrogens with zero attached hydrogens (tertiary/aromatic N) is 2. The Hall–Kier alpha value is -1.31. The number of hydrogen-bond acceptors (Lipinski definition) is 3. The van der Waals surface area contributed by atoms with E-state index in [1.54, 1.807) is 19.0 Å². The average Bonchev–Trinajstić information content (AvgIpc) is 2.08. The van der Waals surface area contributed by atoms with E-state index in [1.165, 1.54) is 0 Å². The molecule has 0 spiro atoms. The highest BCUT2D eigenvalue weighted by Crippen LogP contribution is 2.20. The molecular weight excluding hydrogens is 241 g/mol. The van der Waals surface area contributed by atoms with Gasteiger partial charge in [0.15, 0.2) is 0 Å². The van der Waals surface area contributed by atoms with E-state index in [2.05, 4.69) is 0 Å². The first-order chi connectivity index (χ1) is 7.61. The first-order valence-electron chi connectivity index (χ1n) is 4.83. The van der Waals surface area contributed by atoms with Crippen molar-refractivity contribution in [3.8, 4) is 0 Å². The molecule has 0 aromatic rings. The highest BCUT2D eigenvalue weighted by Gasteiger charge is 2.33. The molecule has 100 valence electrons. The molecule has 0 heterocycles. The first kappa shape index (κ1) is 15.7. The number of carboxylic acids is 1. The number of aliphatic carboxylic acids is 1. The molecule has 0 rings (SSSR count). The fourth-order valence-corrected chi connectivity index (χ4v) is 1.06. The third-order valence-corrected chi connectivity index (χ3v) is 1.85. The molecule has 8 heteroatoms. The third-order valence-electron chi connectivity index (χ3n) is 1.85. The molecule has 0 aromatic carbocycles. The van der Waals surface area contributed by atoms with Crippen LogP contribution in [0, 0.1) is 0 Å². The average molecular weight is 256 g/mol. The summed E-state index contributed by atoms with van der Waals surface area (Å²) in [6.45, 7) is -0.464. The number of halogens is 3. The van der Waals surface area contributed by atoms with Crippen LogP contribution in [0.15, 0.2) is 0 Å². The Morgan fingerprint density at radius 3 is 2.06 bits per heavy atom. The predicted octanol–water partition coefficient (Wildman–Crippen LogP) is 0.414. The Morgan fingerprint density at radius 1 is 1.18 bits per heavy atom. The summed E-state index contributed by atoms with van der Waals surface area (Å²) in [5, 5.41) is 8.51. The Kier molecular flexibility index (Phi) is 5.94. The van der Waals surface area contributed by atoms with Gasteiger partial charge in [-0.2, -0.15) is 13.2 Å². The molecule has 0 aliphatic rings. The van der Waals surface area contributed by atoms with Crippen molar-refractivity contribution in [3.63, 3.8) is 0 Å². The van der Waals surface area contributed by atoms with Gasteiger partial charge in [0.25, 0.3) is 0 Å². The minimum Gasteiger partial charge on any atom is -0.480 e. The van der Waals surface area contributed by atoms with Gasteiger partial charge in [-0.3, -0.25) is 9.59 Å². The van der Waals surface area contributed by atoms with Crippen LogP contribution < -0.4 is 0 Å². The standard InChI is InChI=1S/C9H15F3N2O3/c1-13(2)3-4-14(6-8(16)17)7(15)5-9(10,11)12/h3-6H2,1-2H3,(H,16,17). The zero-order valence-electron chi connectivity index (χ0n) is 9.62. The van der Waals surface area contributed by atoms with Crippen molar-refractivity contribution in [1.82, 2.24) is 9.80 Å². The molecule has 17 heavy (non-hydrogen) atoms. The van der Waals surface area contributed by atoms with E-state index < -0.39 is 31.0 Å². The van der Waals surface area contributed by atoms with Gasteiger partial charge in [0, 0.05) is 13.1 Å². The molecule has 0 atom stereocenters. The van der Waals surface area contributed by atoms with E-state index in [1.807, 2.05) is 0 Å². The zero-order chi connectivity index (χ0) is 13.6. The molecule has 0 aliphatic carbocycles. The number of alkyl halides is 3. The maximum atomic E-state index is 12.0. The molecule has 0 radical (unpaired) electrons. The van der Waals surface area contributed by atoms with Crippen molar-refractivity contribution in [2.45, 2.75) is 12.6 Å². The van der Waals surface area contributed by atoms with Crippen LogP contribution in [0.25, 0.3) is 0 Å². The van der Waals surface area contributed by atoms with Crippen LogP contribution in [-0.4, -0.2) is 66.7 Å². The van der Waals surface area contributed by atoms with Crippen molar-refractivity contribution >= 4 is 11.9 Å². The molecule has 0 aromatic heterocycles. The van der Waals surface area contributed by atoms with Gasteiger partial charge < -0.3 is 14.9 Å². The summed E-state index contributed by atoms with van der Waals surface area (Å²) in [5.41, 5.74) is 0. The van der Waals surface area contributed by atoms with Crippen molar-refractivity contribution in [2.75, 3.05) is 33.7 Å². The number of carbonyl (C=O) groups excluding carboxylic acids is 1. The Balaban J connectivity index is 4.45. The van der Waals surface area contributed by atoms with E-state index >= 15 is 0 Å². The summed E-state index contributed by atoms with van der Waals surface area (Å²) < 4.78 is 36.0. The summed E-state index contributed by atoms with van der Waals surface area (Å²) in [6.07, 6.45) is -6.25. The van der Waals surface area contributed by atoms with E-state index in [0.717, 1.165) is 0 Å². The minimum absolute atomic E-state index is 0.0474. The maximum absolute atomic E-state index is 12.0. The molecule has 0 saturated heterocycles. The minimum atomic E-state index is -4.62. The van der Waals surface area contributed by atoms with Crippen LogP contribution in [0.5, 0.6) is 0 Å². The van der Waals surface area contributed by atoms with Crippen LogP contribution in [-0.2, 0) is 9.59 Å². The lowest BCUT2D eigenvalue weighted by Gasteiger charge is -2.23. The van der Waals surface area contributed by atoms with E-state index in [-0.39, 0.29) is 6.54 Å². The van der Waals surface area contributed by atoms with E-state index in [0.29, 0.717) is 11.4 Å². The molecule has 0 unspecified atom stereocenters. The Bertz CT molecular complexity index is 279. The largest absolute Gasteiger partial charge is 0.480 e. The van der Waals surface area contributed by atoms with E-state index in [9.17, 15) is 22.8 Å². The first-order valence-corrected chi connectivity index (χ1v) is 4.83. The molecular formula is C9H15F3N2O3. The molecule has 1 amide bonds. The lowest BCUT2D eigenvalue weighted by molar-refractivity contribution is -0.164. The second-order valence-corrected chi connectivity index (χ2v) is 3.80. The molecule has 0 fully saturated rings. The molecule has 0 aliphatic heterocycles. The maximum Gasteiger partial charge on any atom is 0.397 e. The van der Waals surface area contributed by atoms with Gasteiger partial charge in [-0.15, -0.1) is 0 Å². The number of rotatable bonds is 6. The second kappa shape index (κ2) is 6.43. The summed E-state index contributed by atoms with van der Waals surface area (Å²) in [6, 6.07) is 0. The predicted molar refractivity (Wildman–Crippen MR) is 53.4 cm³/mol. The van der Waals surface area contributed by atoms with Crippen LogP contribution in [0.1, 0.15) is 6.42 Å². The summed E-state index contributed by atoms with van der Waals surface area (Å²) >= 11 is 0. The summed E-state index contributed by atoms with van der Waals surface area (Å²) in [4.78, 5) is 24.0. The quantitative estimate of drug-likeness (QED) is 0.748. The zero-order valence-corrected chi connectivity index (χ0v) is 9.62. The summed E-state index contributed by atoms with van der Waals surface area (Å²) in [7, 11) is 3.35. The van der Waals surface area contributed by atoms with Crippen LogP contribution in [0.4, 0.5) is 13.2 Å². The lowest BCUT2D eigenvalue weighted by Crippen LogP contribution is -2.41. The van der Waals surface area contributed by atoms with Gasteiger partial charge in [-0.1, -0.05) is 0 Å². The lowest BCUT2D eigenvalue weighted by atomic mass is 10.3. The van der Waals surface area contributed by atoms with Gasteiger partial charge in [0.1, 0.15) is 13.0 Å². The molecule has 1 N–H and O–H groups in total. The highest BCUT2D eigenvalue weighted by atomic mass is 19.4. The number of likely N-dealkylation sites (N-methyl/N-ethyl adjacent to an activating group) is 1.